The number of nitrogens with one attached hydrogen (secondary N) is 2. The number of hydrogen-bond donors (Lipinski definition) is 3. The van der Waals surface area contributed by atoms with Crippen molar-refractivity contribution in [2.75, 3.05) is 20.1 Å². The molecule has 0 saturated heterocycles. The number of rotatable bonds is 7. The van der Waals surface area contributed by atoms with E-state index in [0.717, 1.165) is 52.9 Å². The van der Waals surface area contributed by atoms with Crippen LogP contribution in [0.4, 0.5) is 4.79 Å². The molecule has 0 aliphatic heterocycles. The van der Waals surface area contributed by atoms with Crippen LogP contribution in [-0.2, 0) is 13.1 Å². The first-order valence-electron chi connectivity index (χ1n) is 12.3. The smallest absolute Gasteiger partial charge is 0.407 e. The van der Waals surface area contributed by atoms with Crippen molar-refractivity contribution >= 4 is 16.9 Å². The van der Waals surface area contributed by atoms with E-state index in [1.54, 1.807) is 19.3 Å². The number of benzene rings is 2. The first-order chi connectivity index (χ1) is 17.9. The van der Waals surface area contributed by atoms with Gasteiger partial charge in [0.1, 0.15) is 23.0 Å². The summed E-state index contributed by atoms with van der Waals surface area (Å²) in [7, 11) is 2.08. The molecule has 2 heterocycles. The SMILES string of the molecule is CCCN(C)Cc1ncc(C#Cc2ccc3cc(C#Cc4cnc(CN(CC)C(=O)O)[nH]4)ccc3c2)[nH]1. The van der Waals surface area contributed by atoms with E-state index in [-0.39, 0.29) is 6.54 Å². The Balaban J connectivity index is 1.43. The Kier molecular flexibility index (Phi) is 8.25. The summed E-state index contributed by atoms with van der Waals surface area (Å²) in [5.74, 6) is 14.1. The molecule has 0 saturated carbocycles. The van der Waals surface area contributed by atoms with E-state index >= 15 is 0 Å². The maximum atomic E-state index is 11.2. The lowest BCUT2D eigenvalue weighted by atomic mass is 10.0. The highest BCUT2D eigenvalue weighted by Gasteiger charge is 2.11. The van der Waals surface area contributed by atoms with Crippen LogP contribution in [0.1, 0.15) is 54.4 Å². The highest BCUT2D eigenvalue weighted by molar-refractivity contribution is 5.85. The lowest BCUT2D eigenvalue weighted by Gasteiger charge is -2.14. The lowest BCUT2D eigenvalue weighted by Crippen LogP contribution is -2.28. The second kappa shape index (κ2) is 11.9. The van der Waals surface area contributed by atoms with E-state index < -0.39 is 6.09 Å². The monoisotopic (exact) mass is 494 g/mol. The highest BCUT2D eigenvalue weighted by atomic mass is 16.4. The van der Waals surface area contributed by atoms with Crippen LogP contribution in [0.15, 0.2) is 48.8 Å². The summed E-state index contributed by atoms with van der Waals surface area (Å²) in [6.45, 7) is 6.35. The third kappa shape index (κ3) is 7.00. The Morgan fingerprint density at radius 3 is 1.89 bits per heavy atom. The molecular formula is C29H30N6O2. The van der Waals surface area contributed by atoms with Crippen molar-refractivity contribution in [3.63, 3.8) is 0 Å². The molecule has 0 atom stereocenters. The largest absolute Gasteiger partial charge is 0.465 e. The van der Waals surface area contributed by atoms with Gasteiger partial charge in [-0.25, -0.2) is 14.8 Å². The fraction of sp³-hybridized carbons (Fsp3) is 0.276. The normalized spacial score (nSPS) is 10.6. The van der Waals surface area contributed by atoms with Crippen molar-refractivity contribution in [1.29, 1.82) is 0 Å². The maximum Gasteiger partial charge on any atom is 0.407 e. The summed E-state index contributed by atoms with van der Waals surface area (Å²) in [5.41, 5.74) is 3.25. The number of nitrogens with zero attached hydrogens (tertiary/aromatic N) is 4. The molecule has 1 amide bonds. The van der Waals surface area contributed by atoms with Crippen LogP contribution >= 0.6 is 0 Å². The van der Waals surface area contributed by atoms with Crippen LogP contribution in [-0.4, -0.2) is 61.1 Å². The van der Waals surface area contributed by atoms with Crippen LogP contribution in [0.2, 0.25) is 0 Å². The van der Waals surface area contributed by atoms with Gasteiger partial charge in [0.25, 0.3) is 0 Å². The summed E-state index contributed by atoms with van der Waals surface area (Å²) >= 11 is 0. The number of hydrogen-bond acceptors (Lipinski definition) is 4. The third-order valence-electron chi connectivity index (χ3n) is 5.80. The fourth-order valence-corrected chi connectivity index (χ4v) is 3.90. The van der Waals surface area contributed by atoms with Gasteiger partial charge in [0, 0.05) is 17.7 Å². The Labute approximate surface area is 216 Å². The minimum atomic E-state index is -0.974. The van der Waals surface area contributed by atoms with E-state index in [1.807, 2.05) is 30.3 Å². The molecular weight excluding hydrogens is 464 g/mol. The number of fused-ring (bicyclic) bond motifs is 1. The molecule has 2 aromatic heterocycles. The van der Waals surface area contributed by atoms with Crippen molar-refractivity contribution in [3.05, 3.63) is 83.0 Å². The number of carboxylic acid groups (broad SMARTS) is 1. The molecule has 0 unspecified atom stereocenters. The van der Waals surface area contributed by atoms with Crippen LogP contribution in [0.3, 0.4) is 0 Å². The molecule has 188 valence electrons. The number of imidazole rings is 2. The van der Waals surface area contributed by atoms with Gasteiger partial charge in [0.15, 0.2) is 0 Å². The van der Waals surface area contributed by atoms with Gasteiger partial charge < -0.3 is 20.0 Å². The number of carbonyl (C=O) groups is 1. The molecule has 4 rings (SSSR count). The van der Waals surface area contributed by atoms with Gasteiger partial charge in [0.05, 0.1) is 25.5 Å². The molecule has 37 heavy (non-hydrogen) atoms. The topological polar surface area (TPSA) is 101 Å². The second-order valence-corrected chi connectivity index (χ2v) is 8.80. The summed E-state index contributed by atoms with van der Waals surface area (Å²) < 4.78 is 0. The summed E-state index contributed by atoms with van der Waals surface area (Å²) in [6.07, 6.45) is 3.54. The van der Waals surface area contributed by atoms with Crippen LogP contribution in [0.25, 0.3) is 10.8 Å². The van der Waals surface area contributed by atoms with Crippen LogP contribution in [0, 0.1) is 23.7 Å². The van der Waals surface area contributed by atoms with Gasteiger partial charge in [-0.05, 0) is 73.8 Å². The zero-order valence-electron chi connectivity index (χ0n) is 21.3. The van der Waals surface area contributed by atoms with Gasteiger partial charge in [-0.1, -0.05) is 30.9 Å². The first-order valence-corrected chi connectivity index (χ1v) is 12.3. The van der Waals surface area contributed by atoms with E-state index in [4.69, 9.17) is 5.11 Å². The van der Waals surface area contributed by atoms with Gasteiger partial charge in [0.2, 0.25) is 0 Å². The van der Waals surface area contributed by atoms with Gasteiger partial charge in [-0.2, -0.15) is 0 Å². The van der Waals surface area contributed by atoms with Crippen LogP contribution < -0.4 is 0 Å². The van der Waals surface area contributed by atoms with E-state index in [2.05, 4.69) is 68.6 Å². The molecule has 0 spiro atoms. The van der Waals surface area contributed by atoms with E-state index in [9.17, 15) is 4.79 Å². The van der Waals surface area contributed by atoms with Crippen molar-refractivity contribution in [2.24, 2.45) is 0 Å². The predicted octanol–water partition coefficient (Wildman–Crippen LogP) is 4.43. The average molecular weight is 495 g/mol. The van der Waals surface area contributed by atoms with Gasteiger partial charge >= 0.3 is 6.09 Å². The fourth-order valence-electron chi connectivity index (χ4n) is 3.90. The molecule has 0 aliphatic rings. The van der Waals surface area contributed by atoms with Crippen LogP contribution in [0.5, 0.6) is 0 Å². The number of aromatic amines is 2. The number of H-pyrrole nitrogens is 2. The predicted molar refractivity (Wildman–Crippen MR) is 144 cm³/mol. The molecule has 8 heteroatoms. The van der Waals surface area contributed by atoms with Crippen molar-refractivity contribution in [3.8, 4) is 23.7 Å². The molecule has 8 nitrogen and oxygen atoms in total. The lowest BCUT2D eigenvalue weighted by molar-refractivity contribution is 0.144. The van der Waals surface area contributed by atoms with E-state index in [1.165, 1.54) is 4.90 Å². The minimum Gasteiger partial charge on any atom is -0.465 e. The highest BCUT2D eigenvalue weighted by Crippen LogP contribution is 2.17. The second-order valence-electron chi connectivity index (χ2n) is 8.80. The van der Waals surface area contributed by atoms with E-state index in [0.29, 0.717) is 18.1 Å². The first kappa shape index (κ1) is 25.6. The van der Waals surface area contributed by atoms with Crippen molar-refractivity contribution in [1.82, 2.24) is 29.7 Å². The number of amides is 1. The summed E-state index contributed by atoms with van der Waals surface area (Å²) in [5, 5.41) is 11.3. The third-order valence-corrected chi connectivity index (χ3v) is 5.80. The molecule has 2 aromatic carbocycles. The number of aromatic nitrogens is 4. The van der Waals surface area contributed by atoms with Gasteiger partial charge in [-0.3, -0.25) is 4.90 Å². The quantitative estimate of drug-likeness (QED) is 0.330. The Hall–Kier alpha value is -4.53. The Bertz CT molecular complexity index is 1510. The molecule has 4 aromatic rings. The molecule has 0 bridgehead atoms. The molecule has 0 aliphatic carbocycles. The van der Waals surface area contributed by atoms with Crippen molar-refractivity contribution in [2.45, 2.75) is 33.4 Å². The molecule has 0 fully saturated rings. The minimum absolute atomic E-state index is 0.201. The van der Waals surface area contributed by atoms with Gasteiger partial charge in [-0.15, -0.1) is 0 Å². The van der Waals surface area contributed by atoms with Crippen molar-refractivity contribution < 1.29 is 9.90 Å². The Morgan fingerprint density at radius 2 is 1.41 bits per heavy atom. The average Bonchev–Trinajstić information content (AvgIpc) is 3.53. The zero-order chi connectivity index (χ0) is 26.2. The Morgan fingerprint density at radius 1 is 0.865 bits per heavy atom. The zero-order valence-corrected chi connectivity index (χ0v) is 21.3. The summed E-state index contributed by atoms with van der Waals surface area (Å²) in [6, 6.07) is 12.2. The summed E-state index contributed by atoms with van der Waals surface area (Å²) in [4.78, 5) is 29.7. The molecule has 0 radical (unpaired) electrons. The standard InChI is InChI=1S/C29H30N6O2/c1-4-14-34(3)19-27-30-17-25(32-27)12-8-21-6-10-24-16-22(7-11-23(24)15-21)9-13-26-18-31-28(33-26)20-35(5-2)29(36)37/h6-7,10-11,15-18H,4-5,14,19-20H2,1-3H3,(H,30,32)(H,31,33)(H,36,37). The molecule has 3 N–H and O–H groups in total. The maximum absolute atomic E-state index is 11.2.